The molecule has 29 heavy (non-hydrogen) atoms. The molecule has 0 atom stereocenters. The molecule has 0 bridgehead atoms. The van der Waals surface area contributed by atoms with Gasteiger partial charge in [0.15, 0.2) is 5.82 Å². The van der Waals surface area contributed by atoms with Gasteiger partial charge < -0.3 is 4.90 Å². The van der Waals surface area contributed by atoms with Crippen LogP contribution in [0.25, 0.3) is 22.0 Å². The number of hydrogen-bond donors (Lipinski definition) is 0. The van der Waals surface area contributed by atoms with E-state index < -0.39 is 11.6 Å². The van der Waals surface area contributed by atoms with Gasteiger partial charge in [0.25, 0.3) is 5.91 Å². The van der Waals surface area contributed by atoms with Crippen LogP contribution in [0.3, 0.4) is 0 Å². The Morgan fingerprint density at radius 3 is 2.72 bits per heavy atom. The number of pyridine rings is 1. The van der Waals surface area contributed by atoms with Crippen molar-refractivity contribution in [3.8, 4) is 11.1 Å². The van der Waals surface area contributed by atoms with Crippen LogP contribution in [-0.2, 0) is 20.1 Å². The number of rotatable bonds is 3. The molecule has 0 saturated heterocycles. The van der Waals surface area contributed by atoms with E-state index >= 15 is 0 Å². The normalized spacial score (nSPS) is 13.3. The molecule has 0 radical (unpaired) electrons. The fraction of sp³-hybridized carbons (Fsp3) is 0.136. The number of benzene rings is 2. The summed E-state index contributed by atoms with van der Waals surface area (Å²) in [5.41, 5.74) is 3.27. The van der Waals surface area contributed by atoms with Gasteiger partial charge in [0.05, 0.1) is 17.8 Å². The third-order valence-corrected chi connectivity index (χ3v) is 5.22. The topological polar surface area (TPSA) is 51.0 Å². The molecule has 7 heteroatoms. The summed E-state index contributed by atoms with van der Waals surface area (Å²) in [6.45, 7) is 0.525. The van der Waals surface area contributed by atoms with Crippen molar-refractivity contribution < 1.29 is 13.6 Å². The van der Waals surface area contributed by atoms with E-state index in [1.807, 2.05) is 0 Å². The zero-order valence-corrected chi connectivity index (χ0v) is 15.6. The molecule has 144 valence electrons. The fourth-order valence-corrected chi connectivity index (χ4v) is 3.80. The quantitative estimate of drug-likeness (QED) is 0.530. The fourth-order valence-electron chi connectivity index (χ4n) is 3.80. The first-order chi connectivity index (χ1) is 14.0. The lowest BCUT2D eigenvalue weighted by Gasteiger charge is -2.16. The highest BCUT2D eigenvalue weighted by molar-refractivity contribution is 5.97. The molecule has 3 heterocycles. The van der Waals surface area contributed by atoms with E-state index in [0.717, 1.165) is 0 Å². The van der Waals surface area contributed by atoms with Crippen LogP contribution in [0.15, 0.2) is 54.9 Å². The van der Waals surface area contributed by atoms with Gasteiger partial charge in [0.2, 0.25) is 0 Å². The Hall–Kier alpha value is -3.61. The van der Waals surface area contributed by atoms with Crippen molar-refractivity contribution in [2.75, 3.05) is 0 Å². The van der Waals surface area contributed by atoms with E-state index in [1.54, 1.807) is 54.7 Å². The van der Waals surface area contributed by atoms with Gasteiger partial charge in [-0.15, -0.1) is 0 Å². The summed E-state index contributed by atoms with van der Waals surface area (Å²) in [7, 11) is 1.72. The highest BCUT2D eigenvalue weighted by Crippen LogP contribution is 2.31. The Kier molecular flexibility index (Phi) is 3.91. The maximum absolute atomic E-state index is 14.9. The van der Waals surface area contributed by atoms with Crippen LogP contribution in [0.1, 0.15) is 21.6 Å². The molecule has 1 aliphatic heterocycles. The summed E-state index contributed by atoms with van der Waals surface area (Å²) in [6.07, 6.45) is 3.36. The number of aromatic nitrogens is 3. The van der Waals surface area contributed by atoms with E-state index in [-0.39, 0.29) is 18.0 Å². The van der Waals surface area contributed by atoms with Crippen LogP contribution >= 0.6 is 0 Å². The predicted molar refractivity (Wildman–Crippen MR) is 104 cm³/mol. The van der Waals surface area contributed by atoms with Crippen LogP contribution < -0.4 is 0 Å². The first-order valence-electron chi connectivity index (χ1n) is 9.15. The number of carbonyl (C=O) groups is 1. The summed E-state index contributed by atoms with van der Waals surface area (Å²) in [6, 6.07) is 11.3. The molecule has 0 unspecified atom stereocenters. The lowest BCUT2D eigenvalue weighted by Crippen LogP contribution is -2.23. The lowest BCUT2D eigenvalue weighted by atomic mass is 10.00. The minimum absolute atomic E-state index is 0.146. The van der Waals surface area contributed by atoms with Crippen molar-refractivity contribution in [2.24, 2.45) is 7.05 Å². The average Bonchev–Trinajstić information content (AvgIpc) is 3.25. The minimum atomic E-state index is -0.416. The molecule has 4 aromatic rings. The SMILES string of the molecule is Cn1cc2c(-c3ccc(CN4Cc5ncccc5C4=O)c(F)c3)ccc(F)c2n1. The van der Waals surface area contributed by atoms with Crippen molar-refractivity contribution in [2.45, 2.75) is 13.1 Å². The molecule has 1 aliphatic rings. The van der Waals surface area contributed by atoms with Crippen LogP contribution in [-0.4, -0.2) is 25.6 Å². The van der Waals surface area contributed by atoms with Crippen LogP contribution in [0.5, 0.6) is 0 Å². The average molecular weight is 390 g/mol. The van der Waals surface area contributed by atoms with Crippen molar-refractivity contribution in [3.05, 3.63) is 83.3 Å². The summed E-state index contributed by atoms with van der Waals surface area (Å²) in [5, 5.41) is 4.75. The van der Waals surface area contributed by atoms with Crippen LogP contribution in [0, 0.1) is 11.6 Å². The van der Waals surface area contributed by atoms with E-state index in [0.29, 0.717) is 39.9 Å². The van der Waals surface area contributed by atoms with E-state index in [2.05, 4.69) is 10.1 Å². The maximum Gasteiger partial charge on any atom is 0.256 e. The molecule has 0 spiro atoms. The lowest BCUT2D eigenvalue weighted by molar-refractivity contribution is 0.0765. The Morgan fingerprint density at radius 2 is 1.93 bits per heavy atom. The van der Waals surface area contributed by atoms with Gasteiger partial charge in [-0.2, -0.15) is 5.10 Å². The molecule has 2 aromatic heterocycles. The van der Waals surface area contributed by atoms with Gasteiger partial charge in [0.1, 0.15) is 11.3 Å². The van der Waals surface area contributed by atoms with Crippen molar-refractivity contribution in [1.29, 1.82) is 0 Å². The predicted octanol–water partition coefficient (Wildman–Crippen LogP) is 4.07. The van der Waals surface area contributed by atoms with Crippen molar-refractivity contribution >= 4 is 16.8 Å². The van der Waals surface area contributed by atoms with Crippen molar-refractivity contribution in [3.63, 3.8) is 0 Å². The van der Waals surface area contributed by atoms with Gasteiger partial charge in [-0.05, 0) is 35.4 Å². The minimum Gasteiger partial charge on any atom is -0.328 e. The van der Waals surface area contributed by atoms with E-state index in [4.69, 9.17) is 0 Å². The second kappa shape index (κ2) is 6.48. The number of amides is 1. The standard InChI is InChI=1S/C22H16F2N4O/c1-27-11-17-15(6-7-18(23)21(17)26-27)13-4-5-14(19(24)9-13)10-28-12-20-16(22(28)29)3-2-8-25-20/h2-9,11H,10,12H2,1H3. The van der Waals surface area contributed by atoms with Gasteiger partial charge in [0, 0.05) is 36.9 Å². The molecule has 5 rings (SSSR count). The molecular weight excluding hydrogens is 374 g/mol. The van der Waals surface area contributed by atoms with Gasteiger partial charge in [-0.3, -0.25) is 14.5 Å². The molecule has 0 fully saturated rings. The first kappa shape index (κ1) is 17.5. The Balaban J connectivity index is 1.46. The summed E-state index contributed by atoms with van der Waals surface area (Å²) in [5.74, 6) is -0.977. The molecule has 0 aliphatic carbocycles. The maximum atomic E-state index is 14.9. The molecule has 5 nitrogen and oxygen atoms in total. The highest BCUT2D eigenvalue weighted by Gasteiger charge is 2.28. The Labute approximate surface area is 165 Å². The number of fused-ring (bicyclic) bond motifs is 2. The highest BCUT2D eigenvalue weighted by atomic mass is 19.1. The molecule has 0 N–H and O–H groups in total. The number of carbonyl (C=O) groups excluding carboxylic acids is 1. The van der Waals surface area contributed by atoms with E-state index in [9.17, 15) is 13.6 Å². The zero-order chi connectivity index (χ0) is 20.1. The molecule has 1 amide bonds. The summed E-state index contributed by atoms with van der Waals surface area (Å²) in [4.78, 5) is 18.3. The number of nitrogens with zero attached hydrogens (tertiary/aromatic N) is 4. The summed E-state index contributed by atoms with van der Waals surface area (Å²) >= 11 is 0. The van der Waals surface area contributed by atoms with Crippen LogP contribution in [0.4, 0.5) is 8.78 Å². The molecular formula is C22H16F2N4O. The monoisotopic (exact) mass is 390 g/mol. The van der Waals surface area contributed by atoms with Gasteiger partial charge >= 0.3 is 0 Å². The van der Waals surface area contributed by atoms with Gasteiger partial charge in [-0.25, -0.2) is 8.78 Å². The van der Waals surface area contributed by atoms with E-state index in [1.165, 1.54) is 16.8 Å². The third kappa shape index (κ3) is 2.86. The Bertz CT molecular complexity index is 1280. The van der Waals surface area contributed by atoms with Crippen molar-refractivity contribution in [1.82, 2.24) is 19.7 Å². The van der Waals surface area contributed by atoms with Gasteiger partial charge in [-0.1, -0.05) is 18.2 Å². The molecule has 0 saturated carbocycles. The van der Waals surface area contributed by atoms with Crippen LogP contribution in [0.2, 0.25) is 0 Å². The smallest absolute Gasteiger partial charge is 0.256 e. The largest absolute Gasteiger partial charge is 0.328 e. The summed E-state index contributed by atoms with van der Waals surface area (Å²) < 4.78 is 30.4. The number of halogens is 2. The number of hydrogen-bond acceptors (Lipinski definition) is 3. The number of aryl methyl sites for hydroxylation is 1. The Morgan fingerprint density at radius 1 is 1.07 bits per heavy atom. The first-order valence-corrected chi connectivity index (χ1v) is 9.15. The third-order valence-electron chi connectivity index (χ3n) is 5.22. The molecule has 2 aromatic carbocycles. The zero-order valence-electron chi connectivity index (χ0n) is 15.6. The second-order valence-corrected chi connectivity index (χ2v) is 7.13. The second-order valence-electron chi connectivity index (χ2n) is 7.13.